The van der Waals surface area contributed by atoms with Crippen LogP contribution >= 0.6 is 0 Å². The summed E-state index contributed by atoms with van der Waals surface area (Å²) >= 11 is 0. The highest BCUT2D eigenvalue weighted by Crippen LogP contribution is 2.21. The van der Waals surface area contributed by atoms with Crippen molar-refractivity contribution in [1.29, 1.82) is 0 Å². The molecule has 0 N–H and O–H groups in total. The van der Waals surface area contributed by atoms with Gasteiger partial charge in [0.1, 0.15) is 0 Å². The molecule has 0 spiro atoms. The van der Waals surface area contributed by atoms with Gasteiger partial charge in [0, 0.05) is 33.2 Å². The Morgan fingerprint density at radius 1 is 1.35 bits per heavy atom. The number of hydrogen-bond donors (Lipinski definition) is 0. The van der Waals surface area contributed by atoms with E-state index in [0.717, 1.165) is 57.7 Å². The van der Waals surface area contributed by atoms with Gasteiger partial charge in [0.15, 0.2) is 0 Å². The van der Waals surface area contributed by atoms with Gasteiger partial charge in [0.2, 0.25) is 5.91 Å². The maximum Gasteiger partial charge on any atom is 0.222 e. The third kappa shape index (κ3) is 5.53. The number of carbonyl (C=O) groups is 1. The van der Waals surface area contributed by atoms with Crippen molar-refractivity contribution < 1.29 is 9.53 Å². The van der Waals surface area contributed by atoms with E-state index in [0.29, 0.717) is 11.8 Å². The number of piperidine rings is 1. The van der Waals surface area contributed by atoms with Crippen molar-refractivity contribution in [3.63, 3.8) is 0 Å². The van der Waals surface area contributed by atoms with Crippen molar-refractivity contribution in [3.05, 3.63) is 0 Å². The minimum atomic E-state index is 0.351. The molecule has 1 heterocycles. The third-order valence-electron chi connectivity index (χ3n) is 3.63. The second kappa shape index (κ2) is 7.70. The quantitative estimate of drug-likeness (QED) is 0.715. The summed E-state index contributed by atoms with van der Waals surface area (Å²) in [5, 5.41) is 0. The molecule has 0 aliphatic carbocycles. The number of carbonyl (C=O) groups excluding carboxylic acids is 1. The van der Waals surface area contributed by atoms with Gasteiger partial charge >= 0.3 is 0 Å². The van der Waals surface area contributed by atoms with E-state index in [1.165, 1.54) is 0 Å². The highest BCUT2D eigenvalue weighted by Gasteiger charge is 2.22. The second-order valence-electron chi connectivity index (χ2n) is 5.54. The molecule has 17 heavy (non-hydrogen) atoms. The van der Waals surface area contributed by atoms with Gasteiger partial charge in [0.05, 0.1) is 0 Å². The van der Waals surface area contributed by atoms with Gasteiger partial charge < -0.3 is 9.64 Å². The topological polar surface area (TPSA) is 29.5 Å². The van der Waals surface area contributed by atoms with Gasteiger partial charge in [-0.2, -0.15) is 0 Å². The molecule has 0 aromatic heterocycles. The van der Waals surface area contributed by atoms with Crippen LogP contribution in [0.25, 0.3) is 0 Å². The predicted molar refractivity (Wildman–Crippen MR) is 69.9 cm³/mol. The monoisotopic (exact) mass is 241 g/mol. The molecule has 1 aliphatic rings. The van der Waals surface area contributed by atoms with Gasteiger partial charge in [-0.3, -0.25) is 4.79 Å². The molecule has 1 saturated heterocycles. The Bertz CT molecular complexity index is 220. The molecular formula is C14H27NO2. The number of rotatable bonds is 6. The Morgan fingerprint density at radius 3 is 2.53 bits per heavy atom. The van der Waals surface area contributed by atoms with Gasteiger partial charge in [-0.25, -0.2) is 0 Å². The van der Waals surface area contributed by atoms with E-state index in [1.54, 1.807) is 7.11 Å². The molecule has 1 rings (SSSR count). The van der Waals surface area contributed by atoms with Crippen LogP contribution in [-0.4, -0.2) is 37.6 Å². The van der Waals surface area contributed by atoms with E-state index >= 15 is 0 Å². The van der Waals surface area contributed by atoms with Crippen LogP contribution in [-0.2, 0) is 9.53 Å². The zero-order valence-corrected chi connectivity index (χ0v) is 11.6. The molecule has 3 nitrogen and oxygen atoms in total. The normalized spacial score (nSPS) is 17.8. The summed E-state index contributed by atoms with van der Waals surface area (Å²) in [6, 6.07) is 0. The molecule has 1 amide bonds. The van der Waals surface area contributed by atoms with Crippen LogP contribution in [0.4, 0.5) is 0 Å². The molecular weight excluding hydrogens is 214 g/mol. The molecule has 0 saturated carbocycles. The van der Waals surface area contributed by atoms with Crippen molar-refractivity contribution in [3.8, 4) is 0 Å². The fourth-order valence-corrected chi connectivity index (χ4v) is 2.33. The molecule has 0 aromatic carbocycles. The molecule has 1 aliphatic heterocycles. The Morgan fingerprint density at radius 2 is 2.00 bits per heavy atom. The van der Waals surface area contributed by atoms with Crippen LogP contribution < -0.4 is 0 Å². The summed E-state index contributed by atoms with van der Waals surface area (Å²) in [5.41, 5.74) is 0. The van der Waals surface area contributed by atoms with E-state index in [4.69, 9.17) is 4.74 Å². The summed E-state index contributed by atoms with van der Waals surface area (Å²) in [6.45, 7) is 7.09. The van der Waals surface area contributed by atoms with Gasteiger partial charge in [-0.15, -0.1) is 0 Å². The lowest BCUT2D eigenvalue weighted by Gasteiger charge is -2.32. The Kier molecular flexibility index (Phi) is 6.56. The zero-order chi connectivity index (χ0) is 12.7. The van der Waals surface area contributed by atoms with Crippen LogP contribution in [0, 0.1) is 11.8 Å². The molecule has 0 atom stereocenters. The van der Waals surface area contributed by atoms with Crippen LogP contribution in [0.15, 0.2) is 0 Å². The number of nitrogens with zero attached hydrogens (tertiary/aromatic N) is 1. The summed E-state index contributed by atoms with van der Waals surface area (Å²) in [6.07, 6.45) is 5.18. The molecule has 1 fully saturated rings. The van der Waals surface area contributed by atoms with E-state index in [2.05, 4.69) is 13.8 Å². The summed E-state index contributed by atoms with van der Waals surface area (Å²) in [5.74, 6) is 1.73. The van der Waals surface area contributed by atoms with Crippen LogP contribution in [0.2, 0.25) is 0 Å². The van der Waals surface area contributed by atoms with E-state index < -0.39 is 0 Å². The average molecular weight is 241 g/mol. The molecule has 100 valence electrons. The second-order valence-corrected chi connectivity index (χ2v) is 5.54. The SMILES string of the molecule is COCCC1CCN(C(=O)CCC(C)C)CC1. The maximum absolute atomic E-state index is 11.9. The largest absolute Gasteiger partial charge is 0.385 e. The van der Waals surface area contributed by atoms with Crippen molar-refractivity contribution in [1.82, 2.24) is 4.90 Å². The highest BCUT2D eigenvalue weighted by atomic mass is 16.5. The number of amides is 1. The Hall–Kier alpha value is -0.570. The minimum Gasteiger partial charge on any atom is -0.385 e. The summed E-state index contributed by atoms with van der Waals surface area (Å²) in [4.78, 5) is 14.0. The smallest absolute Gasteiger partial charge is 0.222 e. The first-order valence-electron chi connectivity index (χ1n) is 6.90. The van der Waals surface area contributed by atoms with E-state index in [9.17, 15) is 4.79 Å². The highest BCUT2D eigenvalue weighted by molar-refractivity contribution is 5.76. The standard InChI is InChI=1S/C14H27NO2/c1-12(2)4-5-14(16)15-9-6-13(7-10-15)8-11-17-3/h12-13H,4-11H2,1-3H3. The average Bonchev–Trinajstić information content (AvgIpc) is 2.34. The van der Waals surface area contributed by atoms with Crippen LogP contribution in [0.3, 0.4) is 0 Å². The minimum absolute atomic E-state index is 0.351. The van der Waals surface area contributed by atoms with Crippen molar-refractivity contribution >= 4 is 5.91 Å². The lowest BCUT2D eigenvalue weighted by atomic mass is 9.93. The molecule has 0 bridgehead atoms. The van der Waals surface area contributed by atoms with Crippen molar-refractivity contribution in [2.75, 3.05) is 26.8 Å². The molecule has 0 aromatic rings. The number of ether oxygens (including phenoxy) is 1. The van der Waals surface area contributed by atoms with E-state index in [-0.39, 0.29) is 0 Å². The van der Waals surface area contributed by atoms with Gasteiger partial charge in [-0.1, -0.05) is 13.8 Å². The third-order valence-corrected chi connectivity index (χ3v) is 3.63. The Labute approximate surface area is 106 Å². The van der Waals surface area contributed by atoms with E-state index in [1.807, 2.05) is 4.90 Å². The fraction of sp³-hybridized carbons (Fsp3) is 0.929. The number of hydrogen-bond acceptors (Lipinski definition) is 2. The maximum atomic E-state index is 11.9. The molecule has 0 unspecified atom stereocenters. The fourth-order valence-electron chi connectivity index (χ4n) is 2.33. The number of methoxy groups -OCH3 is 1. The van der Waals surface area contributed by atoms with Crippen molar-refractivity contribution in [2.24, 2.45) is 11.8 Å². The van der Waals surface area contributed by atoms with Gasteiger partial charge in [0.25, 0.3) is 0 Å². The Balaban J connectivity index is 2.19. The lowest BCUT2D eigenvalue weighted by molar-refractivity contribution is -0.132. The lowest BCUT2D eigenvalue weighted by Crippen LogP contribution is -2.38. The first-order valence-corrected chi connectivity index (χ1v) is 6.90. The van der Waals surface area contributed by atoms with Crippen LogP contribution in [0.1, 0.15) is 46.0 Å². The van der Waals surface area contributed by atoms with Crippen molar-refractivity contribution in [2.45, 2.75) is 46.0 Å². The van der Waals surface area contributed by atoms with Crippen LogP contribution in [0.5, 0.6) is 0 Å². The predicted octanol–water partition coefficient (Wildman–Crippen LogP) is 2.70. The summed E-state index contributed by atoms with van der Waals surface area (Å²) < 4.78 is 5.10. The number of likely N-dealkylation sites (tertiary alicyclic amines) is 1. The first kappa shape index (κ1) is 14.5. The summed E-state index contributed by atoms with van der Waals surface area (Å²) in [7, 11) is 1.75. The van der Waals surface area contributed by atoms with Gasteiger partial charge in [-0.05, 0) is 37.5 Å². The molecule has 0 radical (unpaired) electrons. The molecule has 3 heteroatoms. The zero-order valence-electron chi connectivity index (χ0n) is 11.6. The first-order chi connectivity index (χ1) is 8.13.